The molecular weight excluding hydrogens is 236 g/mol. The zero-order valence-electron chi connectivity index (χ0n) is 11.3. The Morgan fingerprint density at radius 2 is 1.79 bits per heavy atom. The lowest BCUT2D eigenvalue weighted by Gasteiger charge is -2.11. The molecule has 0 atom stereocenters. The van der Waals surface area contributed by atoms with Gasteiger partial charge in [-0.3, -0.25) is 0 Å². The topological polar surface area (TPSA) is 33.4 Å². The molecule has 0 aliphatic rings. The number of fused-ring (bicyclic) bond motifs is 1. The maximum Gasteiger partial charge on any atom is 0.182 e. The Hall–Kier alpha value is -2.36. The van der Waals surface area contributed by atoms with Crippen molar-refractivity contribution in [2.45, 2.75) is 6.92 Å². The van der Waals surface area contributed by atoms with Gasteiger partial charge in [-0.1, -0.05) is 0 Å². The summed E-state index contributed by atoms with van der Waals surface area (Å²) in [4.78, 5) is 6.63. The van der Waals surface area contributed by atoms with Crippen LogP contribution in [-0.2, 0) is 0 Å². The van der Waals surface area contributed by atoms with Crippen molar-refractivity contribution < 1.29 is 0 Å². The van der Waals surface area contributed by atoms with E-state index in [0.29, 0.717) is 0 Å². The predicted molar refractivity (Wildman–Crippen MR) is 77.5 cm³/mol. The molecule has 0 saturated heterocycles. The van der Waals surface area contributed by atoms with Gasteiger partial charge in [0.2, 0.25) is 0 Å². The molecule has 0 fully saturated rings. The fourth-order valence-corrected chi connectivity index (χ4v) is 2.01. The second-order valence-electron chi connectivity index (χ2n) is 4.88. The van der Waals surface area contributed by atoms with Crippen LogP contribution in [0.1, 0.15) is 5.56 Å². The van der Waals surface area contributed by atoms with E-state index in [9.17, 15) is 0 Å². The first-order valence-corrected chi connectivity index (χ1v) is 6.24. The first-order chi connectivity index (χ1) is 9.13. The first kappa shape index (κ1) is 11.7. The van der Waals surface area contributed by atoms with Gasteiger partial charge < -0.3 is 4.90 Å². The average molecular weight is 252 g/mol. The minimum absolute atomic E-state index is 0.760. The summed E-state index contributed by atoms with van der Waals surface area (Å²) in [7, 11) is 4.06. The summed E-state index contributed by atoms with van der Waals surface area (Å²) in [5, 5.41) is 4.49. The molecule has 0 amide bonds. The summed E-state index contributed by atoms with van der Waals surface area (Å²) in [6, 6.07) is 12.3. The molecule has 0 N–H and O–H groups in total. The largest absolute Gasteiger partial charge is 0.378 e. The molecular formula is C15H16N4. The third-order valence-electron chi connectivity index (χ3n) is 3.13. The van der Waals surface area contributed by atoms with Gasteiger partial charge >= 0.3 is 0 Å². The normalized spacial score (nSPS) is 10.9. The van der Waals surface area contributed by atoms with Gasteiger partial charge in [0.15, 0.2) is 11.5 Å². The standard InChI is InChI=1S/C15H16N4/c1-11-8-9-19-14(10-11)16-15(17-19)12-4-6-13(7-5-12)18(2)3/h4-10H,1-3H3. The van der Waals surface area contributed by atoms with Crippen LogP contribution in [0.3, 0.4) is 0 Å². The first-order valence-electron chi connectivity index (χ1n) is 6.24. The van der Waals surface area contributed by atoms with Crippen LogP contribution in [-0.4, -0.2) is 28.7 Å². The van der Waals surface area contributed by atoms with E-state index >= 15 is 0 Å². The minimum atomic E-state index is 0.760. The van der Waals surface area contributed by atoms with Crippen LogP contribution in [0.25, 0.3) is 17.0 Å². The lowest BCUT2D eigenvalue weighted by atomic mass is 10.2. The van der Waals surface area contributed by atoms with Gasteiger partial charge in [0, 0.05) is 31.5 Å². The Bertz CT molecular complexity index is 711. The summed E-state index contributed by atoms with van der Waals surface area (Å²) in [6.07, 6.45) is 1.94. The molecule has 3 aromatic rings. The predicted octanol–water partition coefficient (Wildman–Crippen LogP) is 2.77. The van der Waals surface area contributed by atoms with Gasteiger partial charge in [-0.05, 0) is 48.9 Å². The average Bonchev–Trinajstić information content (AvgIpc) is 2.81. The highest BCUT2D eigenvalue weighted by molar-refractivity contribution is 5.62. The summed E-state index contributed by atoms with van der Waals surface area (Å²) >= 11 is 0. The number of rotatable bonds is 2. The van der Waals surface area contributed by atoms with Crippen LogP contribution in [0, 0.1) is 6.92 Å². The smallest absolute Gasteiger partial charge is 0.182 e. The fraction of sp³-hybridized carbons (Fsp3) is 0.200. The van der Waals surface area contributed by atoms with Gasteiger partial charge in [0.05, 0.1) is 0 Å². The zero-order chi connectivity index (χ0) is 13.4. The van der Waals surface area contributed by atoms with Crippen LogP contribution < -0.4 is 4.90 Å². The molecule has 19 heavy (non-hydrogen) atoms. The van der Waals surface area contributed by atoms with Crippen molar-refractivity contribution in [1.29, 1.82) is 0 Å². The molecule has 4 nitrogen and oxygen atoms in total. The number of benzene rings is 1. The SMILES string of the molecule is Cc1ccn2nc(-c3ccc(N(C)C)cc3)nc2c1. The van der Waals surface area contributed by atoms with E-state index in [1.165, 1.54) is 11.3 Å². The van der Waals surface area contributed by atoms with Crippen molar-refractivity contribution in [3.05, 3.63) is 48.2 Å². The number of aromatic nitrogens is 3. The van der Waals surface area contributed by atoms with Crippen LogP contribution >= 0.6 is 0 Å². The molecule has 96 valence electrons. The Labute approximate surface area is 112 Å². The molecule has 0 aliphatic carbocycles. The van der Waals surface area contributed by atoms with E-state index in [-0.39, 0.29) is 0 Å². The van der Waals surface area contributed by atoms with Crippen molar-refractivity contribution in [1.82, 2.24) is 14.6 Å². The van der Waals surface area contributed by atoms with E-state index in [1.807, 2.05) is 36.9 Å². The summed E-state index contributed by atoms with van der Waals surface area (Å²) in [6.45, 7) is 2.06. The molecule has 0 aliphatic heterocycles. The van der Waals surface area contributed by atoms with Crippen molar-refractivity contribution in [2.24, 2.45) is 0 Å². The lowest BCUT2D eigenvalue weighted by molar-refractivity contribution is 0.962. The third-order valence-corrected chi connectivity index (χ3v) is 3.13. The minimum Gasteiger partial charge on any atom is -0.378 e. The molecule has 3 rings (SSSR count). The number of hydrogen-bond acceptors (Lipinski definition) is 3. The van der Waals surface area contributed by atoms with E-state index in [1.54, 1.807) is 0 Å². The summed E-state index contributed by atoms with van der Waals surface area (Å²) in [5.41, 5.74) is 4.27. The van der Waals surface area contributed by atoms with E-state index < -0.39 is 0 Å². The second kappa shape index (κ2) is 4.39. The molecule has 0 bridgehead atoms. The van der Waals surface area contributed by atoms with Crippen LogP contribution in [0.2, 0.25) is 0 Å². The Morgan fingerprint density at radius 1 is 1.05 bits per heavy atom. The molecule has 1 aromatic carbocycles. The van der Waals surface area contributed by atoms with Gasteiger partial charge in [-0.15, -0.1) is 5.10 Å². The van der Waals surface area contributed by atoms with E-state index in [4.69, 9.17) is 0 Å². The molecule has 0 saturated carbocycles. The number of nitrogens with zero attached hydrogens (tertiary/aromatic N) is 4. The molecule has 0 radical (unpaired) electrons. The Morgan fingerprint density at radius 3 is 2.47 bits per heavy atom. The van der Waals surface area contributed by atoms with Gasteiger partial charge in [-0.25, -0.2) is 9.50 Å². The molecule has 2 aromatic heterocycles. The van der Waals surface area contributed by atoms with Gasteiger partial charge in [0.1, 0.15) is 0 Å². The van der Waals surface area contributed by atoms with Crippen LogP contribution in [0.15, 0.2) is 42.6 Å². The Balaban J connectivity index is 2.03. The maximum absolute atomic E-state index is 4.56. The van der Waals surface area contributed by atoms with E-state index in [2.05, 4.69) is 46.2 Å². The van der Waals surface area contributed by atoms with Gasteiger partial charge in [0.25, 0.3) is 0 Å². The van der Waals surface area contributed by atoms with E-state index in [0.717, 1.165) is 17.0 Å². The molecule has 0 spiro atoms. The quantitative estimate of drug-likeness (QED) is 0.703. The van der Waals surface area contributed by atoms with Crippen molar-refractivity contribution in [3.8, 4) is 11.4 Å². The molecule has 2 heterocycles. The zero-order valence-corrected chi connectivity index (χ0v) is 11.3. The summed E-state index contributed by atoms with van der Waals surface area (Å²) in [5.74, 6) is 0.760. The highest BCUT2D eigenvalue weighted by atomic mass is 15.3. The highest BCUT2D eigenvalue weighted by Crippen LogP contribution is 2.20. The third kappa shape index (κ3) is 2.17. The monoisotopic (exact) mass is 252 g/mol. The van der Waals surface area contributed by atoms with Gasteiger partial charge in [-0.2, -0.15) is 0 Å². The van der Waals surface area contributed by atoms with Crippen molar-refractivity contribution in [3.63, 3.8) is 0 Å². The summed E-state index contributed by atoms with van der Waals surface area (Å²) < 4.78 is 1.81. The number of aryl methyl sites for hydroxylation is 1. The van der Waals surface area contributed by atoms with Crippen molar-refractivity contribution in [2.75, 3.05) is 19.0 Å². The van der Waals surface area contributed by atoms with Crippen molar-refractivity contribution >= 4 is 11.3 Å². The highest BCUT2D eigenvalue weighted by Gasteiger charge is 2.06. The van der Waals surface area contributed by atoms with Crippen LogP contribution in [0.4, 0.5) is 5.69 Å². The molecule has 4 heteroatoms. The molecule has 0 unspecified atom stereocenters. The number of pyridine rings is 1. The van der Waals surface area contributed by atoms with Crippen LogP contribution in [0.5, 0.6) is 0 Å². The fourth-order valence-electron chi connectivity index (χ4n) is 2.01. The second-order valence-corrected chi connectivity index (χ2v) is 4.88. The number of hydrogen-bond donors (Lipinski definition) is 0. The number of anilines is 1. The lowest BCUT2D eigenvalue weighted by Crippen LogP contribution is -2.07. The maximum atomic E-state index is 4.56. The Kier molecular flexibility index (Phi) is 2.71.